The number of rotatable bonds is 1. The smallest absolute Gasteiger partial charge is 0.157 e. The number of hydrogen-bond donors (Lipinski definition) is 0. The zero-order valence-electron chi connectivity index (χ0n) is 5.87. The molecule has 0 N–H and O–H groups in total. The standard InChI is InChI=1S/C6H12N2O/c1-3-8-4-5-9-6-7(8)2/h4-5H,3,6H2,1-2H3. The largest absolute Gasteiger partial charge is 0.483 e. The fraction of sp³-hybridized carbons (Fsp3) is 0.667. The number of ether oxygens (including phenoxy) is 1. The van der Waals surface area contributed by atoms with Gasteiger partial charge >= 0.3 is 0 Å². The lowest BCUT2D eigenvalue weighted by Crippen LogP contribution is -2.39. The molecule has 3 nitrogen and oxygen atoms in total. The summed E-state index contributed by atoms with van der Waals surface area (Å²) in [6.07, 6.45) is 3.63. The highest BCUT2D eigenvalue weighted by Crippen LogP contribution is 2.01. The van der Waals surface area contributed by atoms with Crippen molar-refractivity contribution in [1.82, 2.24) is 10.0 Å². The van der Waals surface area contributed by atoms with Crippen LogP contribution in [0.3, 0.4) is 0 Å². The van der Waals surface area contributed by atoms with E-state index in [9.17, 15) is 0 Å². The summed E-state index contributed by atoms with van der Waals surface area (Å²) in [5.74, 6) is 0. The maximum atomic E-state index is 5.02. The Labute approximate surface area is 55.5 Å². The van der Waals surface area contributed by atoms with Crippen molar-refractivity contribution in [2.24, 2.45) is 0 Å². The molecule has 0 aromatic carbocycles. The summed E-state index contributed by atoms with van der Waals surface area (Å²) >= 11 is 0. The third kappa shape index (κ3) is 1.36. The van der Waals surface area contributed by atoms with Gasteiger partial charge in [-0.15, -0.1) is 0 Å². The molecule has 1 heterocycles. The first-order valence-electron chi connectivity index (χ1n) is 3.10. The Hall–Kier alpha value is -0.700. The van der Waals surface area contributed by atoms with Gasteiger partial charge in [0.2, 0.25) is 0 Å². The Bertz CT molecular complexity index is 114. The van der Waals surface area contributed by atoms with Crippen LogP contribution < -0.4 is 0 Å². The van der Waals surface area contributed by atoms with Crippen LogP contribution in [-0.4, -0.2) is 30.3 Å². The van der Waals surface area contributed by atoms with Crippen LogP contribution in [0.5, 0.6) is 0 Å². The van der Waals surface area contributed by atoms with Crippen LogP contribution in [0.25, 0.3) is 0 Å². The molecule has 1 aliphatic heterocycles. The predicted octanol–water partition coefficient (Wildman–Crippen LogP) is 0.614. The molecule has 0 radical (unpaired) electrons. The second-order valence-electron chi connectivity index (χ2n) is 1.99. The summed E-state index contributed by atoms with van der Waals surface area (Å²) in [6.45, 7) is 3.76. The molecular weight excluding hydrogens is 116 g/mol. The Morgan fingerprint density at radius 3 is 2.89 bits per heavy atom. The molecule has 0 atom stereocenters. The van der Waals surface area contributed by atoms with E-state index < -0.39 is 0 Å². The number of nitrogens with zero attached hydrogens (tertiary/aromatic N) is 2. The van der Waals surface area contributed by atoms with Gasteiger partial charge in [-0.1, -0.05) is 0 Å². The first-order valence-corrected chi connectivity index (χ1v) is 3.10. The van der Waals surface area contributed by atoms with Crippen molar-refractivity contribution in [1.29, 1.82) is 0 Å². The average molecular weight is 128 g/mol. The highest BCUT2D eigenvalue weighted by Gasteiger charge is 2.06. The Morgan fingerprint density at radius 2 is 2.44 bits per heavy atom. The van der Waals surface area contributed by atoms with Crippen LogP contribution in [0.15, 0.2) is 12.5 Å². The third-order valence-corrected chi connectivity index (χ3v) is 1.35. The van der Waals surface area contributed by atoms with E-state index >= 15 is 0 Å². The minimum Gasteiger partial charge on any atom is -0.483 e. The molecule has 52 valence electrons. The Kier molecular flexibility index (Phi) is 1.95. The molecule has 9 heavy (non-hydrogen) atoms. The molecule has 0 aromatic heterocycles. The lowest BCUT2D eigenvalue weighted by atomic mass is 10.6. The number of hydrogen-bond acceptors (Lipinski definition) is 3. The summed E-state index contributed by atoms with van der Waals surface area (Å²) < 4.78 is 5.02. The lowest BCUT2D eigenvalue weighted by Gasteiger charge is -2.31. The van der Waals surface area contributed by atoms with Gasteiger partial charge in [-0.3, -0.25) is 0 Å². The van der Waals surface area contributed by atoms with Crippen LogP contribution in [0.4, 0.5) is 0 Å². The van der Waals surface area contributed by atoms with Crippen molar-refractivity contribution < 1.29 is 4.74 Å². The van der Waals surface area contributed by atoms with Crippen LogP contribution in [0.1, 0.15) is 6.92 Å². The van der Waals surface area contributed by atoms with E-state index in [1.807, 2.05) is 18.3 Å². The van der Waals surface area contributed by atoms with Crippen LogP contribution >= 0.6 is 0 Å². The van der Waals surface area contributed by atoms with Crippen molar-refractivity contribution in [2.45, 2.75) is 6.92 Å². The maximum absolute atomic E-state index is 5.02. The summed E-state index contributed by atoms with van der Waals surface area (Å²) in [5, 5.41) is 4.10. The maximum Gasteiger partial charge on any atom is 0.157 e. The zero-order valence-corrected chi connectivity index (χ0v) is 5.87. The van der Waals surface area contributed by atoms with Crippen molar-refractivity contribution in [3.8, 4) is 0 Å². The molecule has 0 unspecified atom stereocenters. The third-order valence-electron chi connectivity index (χ3n) is 1.35. The summed E-state index contributed by atoms with van der Waals surface area (Å²) in [6, 6.07) is 0. The van der Waals surface area contributed by atoms with E-state index in [-0.39, 0.29) is 0 Å². The fourth-order valence-corrected chi connectivity index (χ4v) is 0.799. The minimum absolute atomic E-state index is 0.657. The van der Waals surface area contributed by atoms with Crippen LogP contribution in [0.2, 0.25) is 0 Å². The van der Waals surface area contributed by atoms with E-state index in [1.165, 1.54) is 0 Å². The molecule has 0 bridgehead atoms. The first kappa shape index (κ1) is 6.42. The van der Waals surface area contributed by atoms with Gasteiger partial charge in [-0.05, 0) is 6.92 Å². The van der Waals surface area contributed by atoms with Gasteiger partial charge < -0.3 is 9.75 Å². The molecule has 0 fully saturated rings. The second-order valence-corrected chi connectivity index (χ2v) is 1.99. The topological polar surface area (TPSA) is 15.7 Å². The SMILES string of the molecule is CCN1C=COCN1C. The van der Waals surface area contributed by atoms with Gasteiger partial charge in [0.25, 0.3) is 0 Å². The molecule has 0 saturated carbocycles. The van der Waals surface area contributed by atoms with E-state index in [4.69, 9.17) is 4.74 Å². The second kappa shape index (κ2) is 2.73. The molecule has 1 rings (SSSR count). The molecular formula is C6H12N2O. The normalized spacial score (nSPS) is 20.0. The summed E-state index contributed by atoms with van der Waals surface area (Å²) in [5.41, 5.74) is 0. The first-order chi connectivity index (χ1) is 4.34. The quantitative estimate of drug-likeness (QED) is 0.514. The number of hydrazine groups is 1. The monoisotopic (exact) mass is 128 g/mol. The van der Waals surface area contributed by atoms with Crippen molar-refractivity contribution in [3.63, 3.8) is 0 Å². The molecule has 0 saturated heterocycles. The van der Waals surface area contributed by atoms with Gasteiger partial charge in [0.15, 0.2) is 6.73 Å². The zero-order chi connectivity index (χ0) is 6.69. The minimum atomic E-state index is 0.657. The van der Waals surface area contributed by atoms with E-state index in [0.717, 1.165) is 6.54 Å². The van der Waals surface area contributed by atoms with Crippen molar-refractivity contribution in [2.75, 3.05) is 20.3 Å². The van der Waals surface area contributed by atoms with Crippen LogP contribution in [-0.2, 0) is 4.74 Å². The lowest BCUT2D eigenvalue weighted by molar-refractivity contribution is -0.0523. The highest BCUT2D eigenvalue weighted by molar-refractivity contribution is 4.75. The highest BCUT2D eigenvalue weighted by atomic mass is 16.5. The van der Waals surface area contributed by atoms with Gasteiger partial charge in [-0.2, -0.15) is 5.01 Å². The molecule has 1 aliphatic rings. The van der Waals surface area contributed by atoms with Crippen LogP contribution in [0, 0.1) is 0 Å². The summed E-state index contributed by atoms with van der Waals surface area (Å²) in [7, 11) is 1.99. The van der Waals surface area contributed by atoms with Gasteiger partial charge in [0, 0.05) is 13.6 Å². The predicted molar refractivity (Wildman–Crippen MR) is 35.2 cm³/mol. The Morgan fingerprint density at radius 1 is 1.67 bits per heavy atom. The summed E-state index contributed by atoms with van der Waals surface area (Å²) in [4.78, 5) is 0. The van der Waals surface area contributed by atoms with E-state index in [2.05, 4.69) is 11.9 Å². The molecule has 0 amide bonds. The Balaban J connectivity index is 2.46. The van der Waals surface area contributed by atoms with Crippen molar-refractivity contribution in [3.05, 3.63) is 12.5 Å². The van der Waals surface area contributed by atoms with Gasteiger partial charge in [-0.25, -0.2) is 0 Å². The molecule has 3 heteroatoms. The van der Waals surface area contributed by atoms with Crippen molar-refractivity contribution >= 4 is 0 Å². The molecule has 0 aliphatic carbocycles. The van der Waals surface area contributed by atoms with Gasteiger partial charge in [0.05, 0.1) is 6.20 Å². The van der Waals surface area contributed by atoms with E-state index in [1.54, 1.807) is 6.26 Å². The molecule has 0 spiro atoms. The van der Waals surface area contributed by atoms with Gasteiger partial charge in [0.1, 0.15) is 6.26 Å². The molecule has 0 aromatic rings. The average Bonchev–Trinajstić information content (AvgIpc) is 1.89. The fourth-order valence-electron chi connectivity index (χ4n) is 0.799. The van der Waals surface area contributed by atoms with E-state index in [0.29, 0.717) is 6.73 Å².